The first-order chi connectivity index (χ1) is 24.1. The number of rotatable bonds is 8. The van der Waals surface area contributed by atoms with Gasteiger partial charge in [0, 0.05) is 13.0 Å². The zero-order valence-corrected chi connectivity index (χ0v) is 37.4. The van der Waals surface area contributed by atoms with Gasteiger partial charge in [-0.25, -0.2) is 9.97 Å². The van der Waals surface area contributed by atoms with Gasteiger partial charge < -0.3 is 0 Å². The predicted octanol–water partition coefficient (Wildman–Crippen LogP) is 9.94. The standard InChI is InChI=1S/4C6H11N3.4C4H10/c2*1-6(2)3-9-5-7-4-8-9;1-5(2)3-6-7-4-8-9-6;1-5(2)3-6-4-7-9-8-6;4*1-4(2)3/h2*4-6H,3H2,1-2H3;2*4-5H,3H2,1-2H3,(H,7,8,9);4*4H,1-3H3/p+1. The van der Waals surface area contributed by atoms with Crippen molar-refractivity contribution in [2.45, 2.75) is 164 Å². The minimum absolute atomic E-state index is 0.645. The summed E-state index contributed by atoms with van der Waals surface area (Å²) in [5.41, 5.74) is 1.05. The number of nitrogens with one attached hydrogen (secondary N) is 3. The van der Waals surface area contributed by atoms with Crippen LogP contribution in [0.25, 0.3) is 0 Å². The number of aromatic amines is 3. The van der Waals surface area contributed by atoms with Crippen molar-refractivity contribution >= 4 is 0 Å². The maximum absolute atomic E-state index is 3.99. The maximum atomic E-state index is 3.99. The molecule has 0 atom stereocenters. The van der Waals surface area contributed by atoms with E-state index in [9.17, 15) is 0 Å². The number of hydrogen-bond acceptors (Lipinski definition) is 7. The number of hydrogen-bond donors (Lipinski definition) is 3. The third-order valence-corrected chi connectivity index (χ3v) is 4.23. The first-order valence-corrected chi connectivity index (χ1v) is 19.5. The molecule has 0 spiro atoms. The summed E-state index contributed by atoms with van der Waals surface area (Å²) in [6.07, 6.45) is 12.1. The lowest BCUT2D eigenvalue weighted by Gasteiger charge is -2.01. The molecule has 3 N–H and O–H groups in total. The second kappa shape index (κ2) is 37.3. The molecule has 4 aromatic rings. The van der Waals surface area contributed by atoms with Crippen LogP contribution < -0.4 is 4.68 Å². The molecular formula is C40H85N12+. The minimum Gasteiger partial charge on any atom is -0.263 e. The molecule has 304 valence electrons. The average molecular weight is 734 g/mol. The zero-order chi connectivity index (χ0) is 41.1. The van der Waals surface area contributed by atoms with Gasteiger partial charge >= 0.3 is 6.33 Å². The molecule has 4 aromatic heterocycles. The van der Waals surface area contributed by atoms with E-state index < -0.39 is 0 Å². The predicted molar refractivity (Wildman–Crippen MR) is 220 cm³/mol. The van der Waals surface area contributed by atoms with Gasteiger partial charge in [0.15, 0.2) is 0 Å². The van der Waals surface area contributed by atoms with Gasteiger partial charge in [0.25, 0.3) is 0 Å². The number of H-pyrrole nitrogens is 3. The Balaban J connectivity index is -0.000000261. The first kappa shape index (κ1) is 55.3. The summed E-state index contributed by atoms with van der Waals surface area (Å²) >= 11 is 0. The Morgan fingerprint density at radius 2 is 1.13 bits per heavy atom. The average Bonchev–Trinajstić information content (AvgIpc) is 3.78. The van der Waals surface area contributed by atoms with Crippen molar-refractivity contribution in [1.29, 1.82) is 0 Å². The third-order valence-electron chi connectivity index (χ3n) is 4.23. The van der Waals surface area contributed by atoms with E-state index in [1.807, 2.05) is 9.36 Å². The smallest absolute Gasteiger partial charge is 0.263 e. The summed E-state index contributed by atoms with van der Waals surface area (Å²) < 4.78 is 3.80. The molecule has 0 fully saturated rings. The first-order valence-electron chi connectivity index (χ1n) is 19.5. The van der Waals surface area contributed by atoms with E-state index in [4.69, 9.17) is 0 Å². The molecule has 0 aliphatic rings. The van der Waals surface area contributed by atoms with Crippen LogP contribution in [0.3, 0.4) is 0 Å². The molecule has 0 radical (unpaired) electrons. The highest BCUT2D eigenvalue weighted by Crippen LogP contribution is 2.01. The summed E-state index contributed by atoms with van der Waals surface area (Å²) in [5, 5.41) is 23.7. The Hall–Kier alpha value is -3.44. The van der Waals surface area contributed by atoms with Gasteiger partial charge in [-0.2, -0.15) is 35.4 Å². The van der Waals surface area contributed by atoms with E-state index in [1.54, 1.807) is 31.5 Å². The van der Waals surface area contributed by atoms with Crippen LogP contribution in [0, 0.1) is 47.3 Å². The topological polar surface area (TPSA) is 146 Å². The lowest BCUT2D eigenvalue weighted by Crippen LogP contribution is -2.37. The largest absolute Gasteiger partial charge is 0.306 e. The van der Waals surface area contributed by atoms with Gasteiger partial charge in [0.1, 0.15) is 31.4 Å². The zero-order valence-electron chi connectivity index (χ0n) is 37.4. The second-order valence-electron chi connectivity index (χ2n) is 17.1. The molecule has 0 saturated carbocycles. The van der Waals surface area contributed by atoms with Crippen molar-refractivity contribution in [2.24, 2.45) is 47.3 Å². The van der Waals surface area contributed by atoms with Crippen LogP contribution in [0.2, 0.25) is 0 Å². The molecule has 12 nitrogen and oxygen atoms in total. The van der Waals surface area contributed by atoms with Crippen molar-refractivity contribution in [2.75, 3.05) is 0 Å². The normalized spacial score (nSPS) is 10.1. The number of aromatic nitrogens is 12. The van der Waals surface area contributed by atoms with E-state index in [-0.39, 0.29) is 0 Å². The fourth-order valence-corrected chi connectivity index (χ4v) is 2.91. The van der Waals surface area contributed by atoms with Crippen LogP contribution in [-0.2, 0) is 25.9 Å². The fraction of sp³-hybridized carbons (Fsp3) is 0.800. The molecule has 0 amide bonds. The Bertz CT molecular complexity index is 934. The Morgan fingerprint density at radius 3 is 1.44 bits per heavy atom. The Kier molecular flexibility index (Phi) is 39.7. The molecule has 12 heteroatoms. The molecule has 0 unspecified atom stereocenters. The monoisotopic (exact) mass is 734 g/mol. The van der Waals surface area contributed by atoms with Crippen LogP contribution in [0.4, 0.5) is 0 Å². The van der Waals surface area contributed by atoms with E-state index >= 15 is 0 Å². The fourth-order valence-electron chi connectivity index (χ4n) is 2.91. The van der Waals surface area contributed by atoms with Crippen molar-refractivity contribution in [3.05, 3.63) is 49.4 Å². The summed E-state index contributed by atoms with van der Waals surface area (Å²) in [6.45, 7) is 45.3. The quantitative estimate of drug-likeness (QED) is 0.153. The van der Waals surface area contributed by atoms with Crippen molar-refractivity contribution in [3.63, 3.8) is 0 Å². The van der Waals surface area contributed by atoms with Crippen molar-refractivity contribution in [1.82, 2.24) is 55.4 Å². The molecule has 52 heavy (non-hydrogen) atoms. The van der Waals surface area contributed by atoms with E-state index in [1.165, 1.54) is 6.33 Å². The minimum atomic E-state index is 0.645. The van der Waals surface area contributed by atoms with Gasteiger partial charge in [0.2, 0.25) is 6.33 Å². The van der Waals surface area contributed by atoms with Gasteiger partial charge in [0.05, 0.1) is 11.9 Å². The maximum Gasteiger partial charge on any atom is 0.306 e. The van der Waals surface area contributed by atoms with Crippen LogP contribution in [-0.4, -0.2) is 55.4 Å². The third kappa shape index (κ3) is 58.7. The lowest BCUT2D eigenvalue weighted by molar-refractivity contribution is -0.756. The van der Waals surface area contributed by atoms with E-state index in [0.29, 0.717) is 23.7 Å². The van der Waals surface area contributed by atoms with Crippen LogP contribution >= 0.6 is 0 Å². The SMILES string of the molecule is CC(C)C.CC(C)C.CC(C)C.CC(C)C.CC(C)C[n+]1cnc[nH]1.CC(C)Cc1cn[nH]n1.CC(C)Cc1ncn[nH]1.CC(C)Cn1cncn1. The summed E-state index contributed by atoms with van der Waals surface area (Å²) in [5.74, 6) is 6.94. The lowest BCUT2D eigenvalue weighted by atomic mass is 10.1. The molecule has 0 aromatic carbocycles. The van der Waals surface area contributed by atoms with Crippen molar-refractivity contribution in [3.8, 4) is 0 Å². The summed E-state index contributed by atoms with van der Waals surface area (Å²) in [6, 6.07) is 0. The number of nitrogens with zero attached hydrogens (tertiary/aromatic N) is 9. The van der Waals surface area contributed by atoms with Gasteiger partial charge in [-0.05, 0) is 58.7 Å². The Labute approximate surface area is 320 Å². The van der Waals surface area contributed by atoms with Crippen LogP contribution in [0.1, 0.15) is 150 Å². The molecule has 0 aliphatic heterocycles. The van der Waals surface area contributed by atoms with Crippen LogP contribution in [0.15, 0.2) is 37.8 Å². The van der Waals surface area contributed by atoms with Crippen molar-refractivity contribution < 1.29 is 4.68 Å². The van der Waals surface area contributed by atoms with Gasteiger partial charge in [-0.3, -0.25) is 9.78 Å². The highest BCUT2D eigenvalue weighted by molar-refractivity contribution is 4.90. The molecule has 0 aliphatic carbocycles. The van der Waals surface area contributed by atoms with E-state index in [0.717, 1.165) is 61.1 Å². The highest BCUT2D eigenvalue weighted by atomic mass is 15.3. The van der Waals surface area contributed by atoms with Gasteiger partial charge in [-0.15, -0.1) is 0 Å². The summed E-state index contributed by atoms with van der Waals surface area (Å²) in [7, 11) is 0. The molecule has 0 saturated heterocycles. The second-order valence-corrected chi connectivity index (χ2v) is 17.1. The van der Waals surface area contributed by atoms with E-state index in [2.05, 4.69) is 189 Å². The van der Waals surface area contributed by atoms with Gasteiger partial charge in [-0.1, -0.05) is 138 Å². The molecule has 4 rings (SSSR count). The molecule has 4 heterocycles. The Morgan fingerprint density at radius 1 is 0.615 bits per heavy atom. The highest BCUT2D eigenvalue weighted by Gasteiger charge is 2.01. The summed E-state index contributed by atoms with van der Waals surface area (Å²) in [4.78, 5) is 11.7. The molecular weight excluding hydrogens is 649 g/mol. The van der Waals surface area contributed by atoms with Crippen LogP contribution in [0.5, 0.6) is 0 Å². The molecule has 0 bridgehead atoms.